The number of hydrogen-bond donors (Lipinski definition) is 4. The Kier molecular flexibility index (Phi) is 9.92. The zero-order valence-electron chi connectivity index (χ0n) is 23.9. The molecule has 4 aromatic rings. The standard InChI is InChI=1S/C32H37FN4O5/c1-19(2)37-27(14-13-25(38)16-26(39)17-28(40)41)29(22-9-11-23(33)12-10-22)30(21-7-5-4-6-8-21)31(37)32(42)34-18-24-15-20(3)35-36-24/h4-12,15,19,25-26,38-39H,13-14,16-18H2,1-3H3,(H,34,42)(H,35,36)(H,40,41)/p-1/t25-,26-/m1/s1. The Balaban J connectivity index is 1.85. The number of amides is 1. The number of aliphatic hydroxyl groups excluding tert-OH is 2. The Morgan fingerprint density at radius 2 is 1.69 bits per heavy atom. The number of hydrogen-bond acceptors (Lipinski definition) is 6. The van der Waals surface area contributed by atoms with Crippen LogP contribution in [0.1, 0.15) is 66.7 Å². The third-order valence-electron chi connectivity index (χ3n) is 7.08. The van der Waals surface area contributed by atoms with Crippen molar-refractivity contribution in [1.82, 2.24) is 20.1 Å². The number of aromatic amines is 1. The van der Waals surface area contributed by atoms with Gasteiger partial charge in [-0.3, -0.25) is 9.89 Å². The lowest BCUT2D eigenvalue weighted by atomic mass is 9.92. The van der Waals surface area contributed by atoms with Crippen molar-refractivity contribution in [3.05, 3.63) is 89.3 Å². The van der Waals surface area contributed by atoms with Crippen LogP contribution in [0.2, 0.25) is 0 Å². The summed E-state index contributed by atoms with van der Waals surface area (Å²) in [5.74, 6) is -2.10. The second kappa shape index (κ2) is 13.6. The van der Waals surface area contributed by atoms with Gasteiger partial charge in [0.1, 0.15) is 11.5 Å². The summed E-state index contributed by atoms with van der Waals surface area (Å²) in [7, 11) is 0. The number of carbonyl (C=O) groups is 2. The van der Waals surface area contributed by atoms with Crippen molar-refractivity contribution >= 4 is 11.9 Å². The van der Waals surface area contributed by atoms with Crippen molar-refractivity contribution < 1.29 is 29.3 Å². The van der Waals surface area contributed by atoms with Gasteiger partial charge in [-0.15, -0.1) is 0 Å². The van der Waals surface area contributed by atoms with E-state index in [-0.39, 0.29) is 31.3 Å². The van der Waals surface area contributed by atoms with Gasteiger partial charge in [0.25, 0.3) is 5.91 Å². The summed E-state index contributed by atoms with van der Waals surface area (Å²) in [6.45, 7) is 6.00. The molecule has 0 fully saturated rings. The number of carboxylic acid groups (broad SMARTS) is 1. The Morgan fingerprint density at radius 3 is 2.29 bits per heavy atom. The van der Waals surface area contributed by atoms with Crippen molar-refractivity contribution in [3.8, 4) is 22.3 Å². The van der Waals surface area contributed by atoms with Crippen molar-refractivity contribution in [1.29, 1.82) is 0 Å². The molecule has 42 heavy (non-hydrogen) atoms. The largest absolute Gasteiger partial charge is 0.550 e. The predicted octanol–water partition coefficient (Wildman–Crippen LogP) is 3.69. The molecule has 2 aromatic carbocycles. The number of benzene rings is 2. The Bertz CT molecular complexity index is 1510. The summed E-state index contributed by atoms with van der Waals surface area (Å²) in [5, 5.41) is 41.7. The maximum absolute atomic E-state index is 14.0. The van der Waals surface area contributed by atoms with E-state index in [0.29, 0.717) is 28.9 Å². The van der Waals surface area contributed by atoms with Crippen LogP contribution in [0, 0.1) is 12.7 Å². The molecule has 0 radical (unpaired) electrons. The molecule has 0 aliphatic heterocycles. The highest BCUT2D eigenvalue weighted by molar-refractivity contribution is 6.05. The van der Waals surface area contributed by atoms with Gasteiger partial charge in [0.2, 0.25) is 0 Å². The predicted molar refractivity (Wildman–Crippen MR) is 155 cm³/mol. The molecule has 0 aliphatic carbocycles. The van der Waals surface area contributed by atoms with E-state index in [1.165, 1.54) is 12.1 Å². The lowest BCUT2D eigenvalue weighted by molar-refractivity contribution is -0.307. The fraction of sp³-hybridized carbons (Fsp3) is 0.344. The molecule has 2 heterocycles. The summed E-state index contributed by atoms with van der Waals surface area (Å²) < 4.78 is 16.0. The van der Waals surface area contributed by atoms with Crippen LogP contribution < -0.4 is 10.4 Å². The monoisotopic (exact) mass is 575 g/mol. The van der Waals surface area contributed by atoms with Crippen molar-refractivity contribution in [2.45, 2.75) is 71.2 Å². The minimum absolute atomic E-state index is 0.135. The van der Waals surface area contributed by atoms with E-state index in [4.69, 9.17) is 0 Å². The molecule has 4 N–H and O–H groups in total. The van der Waals surface area contributed by atoms with E-state index in [1.54, 1.807) is 12.1 Å². The van der Waals surface area contributed by atoms with Crippen LogP contribution in [-0.4, -0.2) is 49.1 Å². The molecular weight excluding hydrogens is 539 g/mol. The number of carboxylic acids is 1. The van der Waals surface area contributed by atoms with E-state index in [0.717, 1.165) is 22.5 Å². The molecule has 0 aliphatic rings. The normalized spacial score (nSPS) is 12.8. The van der Waals surface area contributed by atoms with Crippen LogP contribution in [0.4, 0.5) is 4.39 Å². The summed E-state index contributed by atoms with van der Waals surface area (Å²) in [4.78, 5) is 24.9. The van der Waals surface area contributed by atoms with E-state index in [1.807, 2.05) is 61.7 Å². The van der Waals surface area contributed by atoms with E-state index < -0.39 is 30.4 Å². The number of nitrogens with one attached hydrogen (secondary N) is 2. The Morgan fingerprint density at radius 1 is 1.02 bits per heavy atom. The van der Waals surface area contributed by atoms with Gasteiger partial charge in [0.05, 0.1) is 24.4 Å². The number of rotatable bonds is 13. The molecule has 9 nitrogen and oxygen atoms in total. The molecule has 1 amide bonds. The number of H-pyrrole nitrogens is 1. The molecule has 222 valence electrons. The molecule has 0 saturated heterocycles. The van der Waals surface area contributed by atoms with Gasteiger partial charge in [-0.25, -0.2) is 4.39 Å². The number of carbonyl (C=O) groups excluding carboxylic acids is 2. The topological polar surface area (TPSA) is 143 Å². The summed E-state index contributed by atoms with van der Waals surface area (Å²) in [5.41, 5.74) is 5.64. The first kappa shape index (κ1) is 30.7. The van der Waals surface area contributed by atoms with Crippen molar-refractivity contribution in [3.63, 3.8) is 0 Å². The first-order chi connectivity index (χ1) is 20.0. The van der Waals surface area contributed by atoms with Crippen LogP contribution in [0.15, 0.2) is 60.7 Å². The molecule has 2 aromatic heterocycles. The number of aliphatic carboxylic acids is 1. The Labute approximate surface area is 244 Å². The third kappa shape index (κ3) is 7.32. The zero-order valence-corrected chi connectivity index (χ0v) is 23.9. The van der Waals surface area contributed by atoms with E-state index in [2.05, 4.69) is 15.5 Å². The van der Waals surface area contributed by atoms with Gasteiger partial charge in [-0.05, 0) is 69.4 Å². The fourth-order valence-electron chi connectivity index (χ4n) is 5.32. The number of aromatic nitrogens is 3. The quantitative estimate of drug-likeness (QED) is 0.192. The first-order valence-electron chi connectivity index (χ1n) is 14.0. The summed E-state index contributed by atoms with van der Waals surface area (Å²) in [6, 6.07) is 17.2. The summed E-state index contributed by atoms with van der Waals surface area (Å²) >= 11 is 0. The molecule has 2 atom stereocenters. The second-order valence-electron chi connectivity index (χ2n) is 10.8. The van der Waals surface area contributed by atoms with Gasteiger partial charge in [-0.2, -0.15) is 5.10 Å². The average Bonchev–Trinajstić information content (AvgIpc) is 3.52. The van der Waals surface area contributed by atoms with Gasteiger partial charge in [0, 0.05) is 40.9 Å². The smallest absolute Gasteiger partial charge is 0.268 e. The van der Waals surface area contributed by atoms with E-state index in [9.17, 15) is 29.3 Å². The minimum Gasteiger partial charge on any atom is -0.550 e. The van der Waals surface area contributed by atoms with Crippen LogP contribution >= 0.6 is 0 Å². The van der Waals surface area contributed by atoms with Crippen molar-refractivity contribution in [2.24, 2.45) is 0 Å². The minimum atomic E-state index is -1.39. The maximum atomic E-state index is 14.0. The second-order valence-corrected chi connectivity index (χ2v) is 10.8. The highest BCUT2D eigenvalue weighted by atomic mass is 19.1. The molecule has 0 saturated carbocycles. The van der Waals surface area contributed by atoms with Gasteiger partial charge >= 0.3 is 0 Å². The molecule has 0 spiro atoms. The molecule has 0 unspecified atom stereocenters. The zero-order chi connectivity index (χ0) is 30.4. The highest BCUT2D eigenvalue weighted by Crippen LogP contribution is 2.42. The molecular formula is C32H36FN4O5-. The van der Waals surface area contributed by atoms with Crippen molar-refractivity contribution in [2.75, 3.05) is 0 Å². The first-order valence-corrected chi connectivity index (χ1v) is 14.0. The summed E-state index contributed by atoms with van der Waals surface area (Å²) in [6.07, 6.45) is -2.46. The number of aliphatic hydroxyl groups is 2. The van der Waals surface area contributed by atoms with E-state index >= 15 is 0 Å². The fourth-order valence-corrected chi connectivity index (χ4v) is 5.32. The lowest BCUT2D eigenvalue weighted by Crippen LogP contribution is -2.29. The van der Waals surface area contributed by atoms with Crippen LogP contribution in [0.5, 0.6) is 0 Å². The maximum Gasteiger partial charge on any atom is 0.268 e. The third-order valence-corrected chi connectivity index (χ3v) is 7.08. The molecule has 0 bridgehead atoms. The molecule has 10 heteroatoms. The number of aryl methyl sites for hydroxylation is 1. The average molecular weight is 576 g/mol. The molecule has 4 rings (SSSR count). The van der Waals surface area contributed by atoms with Crippen LogP contribution in [0.3, 0.4) is 0 Å². The lowest BCUT2D eigenvalue weighted by Gasteiger charge is -2.20. The van der Waals surface area contributed by atoms with Gasteiger partial charge in [0.15, 0.2) is 0 Å². The van der Waals surface area contributed by atoms with Gasteiger partial charge in [-0.1, -0.05) is 42.5 Å². The Hall–Kier alpha value is -4.28. The number of halogens is 1. The SMILES string of the molecule is Cc1cc(CNC(=O)c2c(-c3ccccc3)c(-c3ccc(F)cc3)c(CC[C@@H](O)C[C@@H](O)CC(=O)[O-])n2C(C)C)n[nH]1. The van der Waals surface area contributed by atoms with Gasteiger partial charge < -0.3 is 30.0 Å². The van der Waals surface area contributed by atoms with Crippen LogP contribution in [0.25, 0.3) is 22.3 Å². The van der Waals surface area contributed by atoms with Crippen LogP contribution in [-0.2, 0) is 17.8 Å². The highest BCUT2D eigenvalue weighted by Gasteiger charge is 2.30. The number of nitrogens with zero attached hydrogens (tertiary/aromatic N) is 2.